The molecule has 23 heavy (non-hydrogen) atoms. The molecule has 0 unspecified atom stereocenters. The van der Waals surface area contributed by atoms with Gasteiger partial charge in [-0.2, -0.15) is 10.2 Å². The van der Waals surface area contributed by atoms with E-state index in [0.717, 1.165) is 15.7 Å². The Hall–Kier alpha value is -2.14. The van der Waals surface area contributed by atoms with E-state index in [1.165, 1.54) is 12.1 Å². The summed E-state index contributed by atoms with van der Waals surface area (Å²) < 4.78 is 26.5. The van der Waals surface area contributed by atoms with E-state index in [2.05, 4.69) is 9.97 Å². The average molecular weight is 367 g/mol. The highest BCUT2D eigenvalue weighted by molar-refractivity contribution is 7.90. The summed E-state index contributed by atoms with van der Waals surface area (Å²) in [6.45, 7) is 1.85. The first-order valence-corrected chi connectivity index (χ1v) is 8.50. The van der Waals surface area contributed by atoms with E-state index in [1.807, 2.05) is 13.0 Å². The van der Waals surface area contributed by atoms with Crippen LogP contribution >= 0.6 is 23.2 Å². The zero-order chi connectivity index (χ0) is 16.8. The van der Waals surface area contributed by atoms with Crippen LogP contribution in [0.15, 0.2) is 35.4 Å². The van der Waals surface area contributed by atoms with Crippen molar-refractivity contribution >= 4 is 44.3 Å². The molecule has 2 aromatic heterocycles. The number of rotatable bonds is 2. The molecule has 2 heterocycles. The number of hydrogen-bond donors (Lipinski definition) is 0. The van der Waals surface area contributed by atoms with E-state index in [4.69, 9.17) is 23.2 Å². The Bertz CT molecular complexity index is 1070. The number of aryl methyl sites for hydroxylation is 1. The summed E-state index contributed by atoms with van der Waals surface area (Å²) in [5.41, 5.74) is 0.942. The minimum atomic E-state index is -3.95. The van der Waals surface area contributed by atoms with Crippen LogP contribution in [0.5, 0.6) is 0 Å². The van der Waals surface area contributed by atoms with Gasteiger partial charge in [0.05, 0.1) is 15.8 Å². The molecule has 0 spiro atoms. The Morgan fingerprint density at radius 3 is 2.43 bits per heavy atom. The molecule has 3 rings (SSSR count). The van der Waals surface area contributed by atoms with Crippen LogP contribution in [0.2, 0.25) is 10.4 Å². The molecule has 0 aliphatic heterocycles. The molecule has 0 aliphatic carbocycles. The predicted octanol–water partition coefficient (Wildman–Crippen LogP) is 3.16. The average Bonchev–Trinajstić information content (AvgIpc) is 2.87. The van der Waals surface area contributed by atoms with E-state index >= 15 is 0 Å². The second-order valence-electron chi connectivity index (χ2n) is 4.75. The highest BCUT2D eigenvalue weighted by Crippen LogP contribution is 2.29. The van der Waals surface area contributed by atoms with Crippen LogP contribution in [0.4, 0.5) is 0 Å². The smallest absolute Gasteiger partial charge is 0.222 e. The lowest BCUT2D eigenvalue weighted by molar-refractivity contribution is 0.588. The van der Waals surface area contributed by atoms with Crippen molar-refractivity contribution in [2.24, 2.45) is 0 Å². The third-order valence-electron chi connectivity index (χ3n) is 3.24. The number of fused-ring (bicyclic) bond motifs is 1. The number of nitrogens with zero attached hydrogens (tertiary/aromatic N) is 4. The summed E-state index contributed by atoms with van der Waals surface area (Å²) in [4.78, 5) is 7.73. The second-order valence-corrected chi connectivity index (χ2v) is 7.26. The SMILES string of the molecule is Cc1ccc(S(=O)(=O)n2cc(C#N)c3c(Cl)nc(Cl)nc32)cc1. The number of hydrogen-bond acceptors (Lipinski definition) is 5. The van der Waals surface area contributed by atoms with Crippen LogP contribution in [0.25, 0.3) is 11.0 Å². The normalized spacial score (nSPS) is 11.6. The van der Waals surface area contributed by atoms with Gasteiger partial charge >= 0.3 is 0 Å². The first kappa shape index (κ1) is 15.7. The van der Waals surface area contributed by atoms with Gasteiger partial charge in [0, 0.05) is 6.20 Å². The molecular formula is C14H8Cl2N4O2S. The van der Waals surface area contributed by atoms with Gasteiger partial charge in [-0.3, -0.25) is 0 Å². The topological polar surface area (TPSA) is 88.6 Å². The molecule has 0 atom stereocenters. The van der Waals surface area contributed by atoms with Crippen molar-refractivity contribution in [2.75, 3.05) is 0 Å². The second kappa shape index (κ2) is 5.49. The molecule has 0 amide bonds. The molecular weight excluding hydrogens is 359 g/mol. The van der Waals surface area contributed by atoms with Crippen molar-refractivity contribution in [3.8, 4) is 6.07 Å². The minimum absolute atomic E-state index is 0.0351. The molecule has 116 valence electrons. The summed E-state index contributed by atoms with van der Waals surface area (Å²) in [5.74, 6) is 0. The highest BCUT2D eigenvalue weighted by Gasteiger charge is 2.24. The Morgan fingerprint density at radius 2 is 1.83 bits per heavy atom. The van der Waals surface area contributed by atoms with Crippen molar-refractivity contribution in [1.29, 1.82) is 5.26 Å². The van der Waals surface area contributed by atoms with Gasteiger partial charge in [-0.05, 0) is 30.7 Å². The Morgan fingerprint density at radius 1 is 1.17 bits per heavy atom. The molecule has 6 nitrogen and oxygen atoms in total. The molecule has 0 saturated carbocycles. The number of benzene rings is 1. The molecule has 0 bridgehead atoms. The standard InChI is InChI=1S/C14H8Cl2N4O2S/c1-8-2-4-10(5-3-8)23(21,22)20-7-9(6-17)11-12(15)18-14(16)19-13(11)20/h2-5,7H,1H3. The van der Waals surface area contributed by atoms with Crippen LogP contribution in [0.1, 0.15) is 11.1 Å². The largest absolute Gasteiger partial charge is 0.269 e. The fourth-order valence-corrected chi connectivity index (χ4v) is 3.91. The molecule has 0 radical (unpaired) electrons. The van der Waals surface area contributed by atoms with Crippen LogP contribution in [0, 0.1) is 18.3 Å². The highest BCUT2D eigenvalue weighted by atomic mass is 35.5. The number of halogens is 2. The summed E-state index contributed by atoms with van der Waals surface area (Å²) in [6.07, 6.45) is 1.16. The van der Waals surface area contributed by atoms with Gasteiger partial charge in [-0.1, -0.05) is 29.3 Å². The fraction of sp³-hybridized carbons (Fsp3) is 0.0714. The van der Waals surface area contributed by atoms with Gasteiger partial charge in [-0.25, -0.2) is 17.4 Å². The lowest BCUT2D eigenvalue weighted by atomic mass is 10.2. The van der Waals surface area contributed by atoms with Crippen LogP contribution in [-0.4, -0.2) is 22.4 Å². The van der Waals surface area contributed by atoms with Gasteiger partial charge in [0.15, 0.2) is 5.65 Å². The van der Waals surface area contributed by atoms with Crippen molar-refractivity contribution < 1.29 is 8.42 Å². The van der Waals surface area contributed by atoms with E-state index in [-0.39, 0.29) is 31.9 Å². The summed E-state index contributed by atoms with van der Waals surface area (Å²) in [5, 5.41) is 9.08. The van der Waals surface area contributed by atoms with Crippen molar-refractivity contribution in [2.45, 2.75) is 11.8 Å². The fourth-order valence-electron chi connectivity index (χ4n) is 2.12. The quantitative estimate of drug-likeness (QED) is 0.513. The molecule has 0 saturated heterocycles. The minimum Gasteiger partial charge on any atom is -0.222 e. The van der Waals surface area contributed by atoms with Gasteiger partial charge in [0.2, 0.25) is 5.28 Å². The van der Waals surface area contributed by atoms with Crippen molar-refractivity contribution in [1.82, 2.24) is 13.9 Å². The van der Waals surface area contributed by atoms with Crippen LogP contribution in [0.3, 0.4) is 0 Å². The van der Waals surface area contributed by atoms with Crippen LogP contribution in [-0.2, 0) is 10.0 Å². The molecule has 3 aromatic rings. The number of aromatic nitrogens is 3. The van der Waals surface area contributed by atoms with E-state index in [1.54, 1.807) is 12.1 Å². The van der Waals surface area contributed by atoms with E-state index in [9.17, 15) is 13.7 Å². The first-order valence-electron chi connectivity index (χ1n) is 6.31. The van der Waals surface area contributed by atoms with Gasteiger partial charge in [0.1, 0.15) is 11.2 Å². The predicted molar refractivity (Wildman–Crippen MR) is 86.0 cm³/mol. The van der Waals surface area contributed by atoms with Crippen LogP contribution < -0.4 is 0 Å². The van der Waals surface area contributed by atoms with Gasteiger partial charge in [0.25, 0.3) is 10.0 Å². The molecule has 0 N–H and O–H groups in total. The first-order chi connectivity index (χ1) is 10.8. The Labute approximate surface area is 142 Å². The summed E-state index contributed by atoms with van der Waals surface area (Å²) >= 11 is 11.7. The summed E-state index contributed by atoms with van der Waals surface area (Å²) in [6, 6.07) is 8.21. The summed E-state index contributed by atoms with van der Waals surface area (Å²) in [7, 11) is -3.95. The van der Waals surface area contributed by atoms with E-state index < -0.39 is 10.0 Å². The van der Waals surface area contributed by atoms with E-state index in [0.29, 0.717) is 0 Å². The maximum absolute atomic E-state index is 12.8. The zero-order valence-corrected chi connectivity index (χ0v) is 14.0. The van der Waals surface area contributed by atoms with Gasteiger partial charge < -0.3 is 0 Å². The molecule has 0 fully saturated rings. The third kappa shape index (κ3) is 2.55. The lowest BCUT2D eigenvalue weighted by Crippen LogP contribution is -2.12. The molecule has 0 aliphatic rings. The third-order valence-corrected chi connectivity index (χ3v) is 5.35. The lowest BCUT2D eigenvalue weighted by Gasteiger charge is -2.07. The number of nitriles is 1. The molecule has 1 aromatic carbocycles. The Kier molecular flexibility index (Phi) is 3.76. The van der Waals surface area contributed by atoms with Crippen molar-refractivity contribution in [3.05, 3.63) is 52.0 Å². The monoisotopic (exact) mass is 366 g/mol. The van der Waals surface area contributed by atoms with Crippen molar-refractivity contribution in [3.63, 3.8) is 0 Å². The van der Waals surface area contributed by atoms with Gasteiger partial charge in [-0.15, -0.1) is 0 Å². The molecule has 9 heteroatoms. The zero-order valence-electron chi connectivity index (χ0n) is 11.7. The Balaban J connectivity index is 2.36. The maximum Gasteiger partial charge on any atom is 0.269 e. The maximum atomic E-state index is 12.8.